The number of nitrogens with zero attached hydrogens (tertiary/aromatic N) is 1. The molecule has 130 valence electrons. The molecular weight excluding hydrogens is 322 g/mol. The molecule has 0 bridgehead atoms. The summed E-state index contributed by atoms with van der Waals surface area (Å²) >= 11 is 0. The molecule has 2 aromatic carbocycles. The number of benzene rings is 2. The lowest BCUT2D eigenvalue weighted by atomic mass is 9.78. The van der Waals surface area contributed by atoms with Crippen LogP contribution in [0.1, 0.15) is 29.0 Å². The number of ether oxygens (including phenoxy) is 4. The Bertz CT molecular complexity index is 846. The van der Waals surface area contributed by atoms with Gasteiger partial charge in [-0.15, -0.1) is 0 Å². The van der Waals surface area contributed by atoms with Gasteiger partial charge in [0.2, 0.25) is 6.79 Å². The second-order valence-electron chi connectivity index (χ2n) is 6.05. The Morgan fingerprint density at radius 1 is 1.04 bits per heavy atom. The maximum atomic E-state index is 9.71. The van der Waals surface area contributed by atoms with Crippen molar-refractivity contribution >= 4 is 5.71 Å². The minimum Gasteiger partial charge on any atom is -0.493 e. The first-order valence-electron chi connectivity index (χ1n) is 8.12. The molecule has 1 N–H and O–H groups in total. The van der Waals surface area contributed by atoms with E-state index in [1.807, 2.05) is 30.3 Å². The molecule has 1 aliphatic heterocycles. The largest absolute Gasteiger partial charge is 0.493 e. The molecule has 1 unspecified atom stereocenters. The maximum Gasteiger partial charge on any atom is 0.231 e. The minimum atomic E-state index is -0.0299. The van der Waals surface area contributed by atoms with E-state index in [-0.39, 0.29) is 12.7 Å². The zero-order valence-electron chi connectivity index (χ0n) is 14.1. The smallest absolute Gasteiger partial charge is 0.231 e. The van der Waals surface area contributed by atoms with Crippen molar-refractivity contribution in [3.8, 4) is 23.0 Å². The highest BCUT2D eigenvalue weighted by Crippen LogP contribution is 2.42. The number of rotatable bonds is 3. The molecule has 1 heterocycles. The predicted molar refractivity (Wildman–Crippen MR) is 91.5 cm³/mol. The zero-order chi connectivity index (χ0) is 17.4. The number of fused-ring (bicyclic) bond motifs is 2. The third kappa shape index (κ3) is 2.54. The SMILES string of the molecule is COc1ccc(C2CCc3cc4c(cc3/C2=N\O)OCO4)cc1OC. The van der Waals surface area contributed by atoms with Crippen molar-refractivity contribution in [1.82, 2.24) is 0 Å². The van der Waals surface area contributed by atoms with E-state index >= 15 is 0 Å². The van der Waals surface area contributed by atoms with Gasteiger partial charge in [-0.2, -0.15) is 0 Å². The molecule has 6 heteroatoms. The van der Waals surface area contributed by atoms with Gasteiger partial charge in [0.15, 0.2) is 23.0 Å². The molecular formula is C19H19NO5. The first kappa shape index (κ1) is 15.6. The Balaban J connectivity index is 1.75. The Kier molecular flexibility index (Phi) is 3.87. The summed E-state index contributed by atoms with van der Waals surface area (Å²) in [6, 6.07) is 9.67. The number of methoxy groups -OCH3 is 2. The van der Waals surface area contributed by atoms with Gasteiger partial charge in [-0.05, 0) is 48.2 Å². The summed E-state index contributed by atoms with van der Waals surface area (Å²) in [7, 11) is 3.22. The van der Waals surface area contributed by atoms with Crippen LogP contribution in [0.15, 0.2) is 35.5 Å². The Morgan fingerprint density at radius 2 is 1.80 bits per heavy atom. The minimum absolute atomic E-state index is 0.0299. The van der Waals surface area contributed by atoms with Crippen molar-refractivity contribution in [1.29, 1.82) is 0 Å². The highest BCUT2D eigenvalue weighted by atomic mass is 16.7. The van der Waals surface area contributed by atoms with E-state index in [1.54, 1.807) is 14.2 Å². The molecule has 0 amide bonds. The van der Waals surface area contributed by atoms with Crippen molar-refractivity contribution in [3.05, 3.63) is 47.0 Å². The van der Waals surface area contributed by atoms with E-state index in [4.69, 9.17) is 18.9 Å². The fourth-order valence-corrected chi connectivity index (χ4v) is 3.57. The van der Waals surface area contributed by atoms with Crippen LogP contribution >= 0.6 is 0 Å². The Labute approximate surface area is 145 Å². The van der Waals surface area contributed by atoms with Gasteiger partial charge in [-0.1, -0.05) is 11.2 Å². The van der Waals surface area contributed by atoms with Crippen LogP contribution in [0, 0.1) is 0 Å². The molecule has 0 spiro atoms. The van der Waals surface area contributed by atoms with Crippen LogP contribution < -0.4 is 18.9 Å². The third-order valence-corrected chi connectivity index (χ3v) is 4.82. The van der Waals surface area contributed by atoms with Gasteiger partial charge in [0, 0.05) is 11.5 Å². The van der Waals surface area contributed by atoms with E-state index < -0.39 is 0 Å². The van der Waals surface area contributed by atoms with Crippen molar-refractivity contribution in [2.45, 2.75) is 18.8 Å². The van der Waals surface area contributed by atoms with Crippen LogP contribution in [-0.4, -0.2) is 31.9 Å². The van der Waals surface area contributed by atoms with Crippen LogP contribution in [0.5, 0.6) is 23.0 Å². The molecule has 0 fully saturated rings. The van der Waals surface area contributed by atoms with Crippen molar-refractivity contribution < 1.29 is 24.2 Å². The van der Waals surface area contributed by atoms with Gasteiger partial charge < -0.3 is 24.2 Å². The van der Waals surface area contributed by atoms with Crippen LogP contribution in [0.2, 0.25) is 0 Å². The van der Waals surface area contributed by atoms with Gasteiger partial charge >= 0.3 is 0 Å². The fraction of sp³-hybridized carbons (Fsp3) is 0.316. The lowest BCUT2D eigenvalue weighted by Crippen LogP contribution is -2.22. The maximum absolute atomic E-state index is 9.71. The fourth-order valence-electron chi connectivity index (χ4n) is 3.57. The zero-order valence-corrected chi connectivity index (χ0v) is 14.1. The quantitative estimate of drug-likeness (QED) is 0.685. The second-order valence-corrected chi connectivity index (χ2v) is 6.05. The average molecular weight is 341 g/mol. The summed E-state index contributed by atoms with van der Waals surface area (Å²) in [5.41, 5.74) is 3.66. The molecule has 2 aromatic rings. The van der Waals surface area contributed by atoms with E-state index in [9.17, 15) is 5.21 Å². The highest BCUT2D eigenvalue weighted by Gasteiger charge is 2.30. The van der Waals surface area contributed by atoms with E-state index in [1.165, 1.54) is 0 Å². The normalized spacial score (nSPS) is 19.6. The van der Waals surface area contributed by atoms with Crippen LogP contribution in [-0.2, 0) is 6.42 Å². The number of hydrogen-bond acceptors (Lipinski definition) is 6. The van der Waals surface area contributed by atoms with Gasteiger partial charge in [0.25, 0.3) is 0 Å². The van der Waals surface area contributed by atoms with Gasteiger partial charge in [0.1, 0.15) is 0 Å². The molecule has 1 atom stereocenters. The summed E-state index contributed by atoms with van der Waals surface area (Å²) in [5, 5.41) is 13.3. The highest BCUT2D eigenvalue weighted by molar-refractivity contribution is 6.07. The third-order valence-electron chi connectivity index (χ3n) is 4.82. The molecule has 1 aliphatic carbocycles. The summed E-state index contributed by atoms with van der Waals surface area (Å²) in [5.74, 6) is 2.74. The first-order valence-corrected chi connectivity index (χ1v) is 8.12. The molecule has 25 heavy (non-hydrogen) atoms. The van der Waals surface area contributed by atoms with Crippen molar-refractivity contribution in [3.63, 3.8) is 0 Å². The van der Waals surface area contributed by atoms with Crippen LogP contribution in [0.3, 0.4) is 0 Å². The number of hydrogen-bond donors (Lipinski definition) is 1. The predicted octanol–water partition coefficient (Wildman–Crippen LogP) is 3.34. The average Bonchev–Trinajstić information content (AvgIpc) is 3.12. The van der Waals surface area contributed by atoms with E-state index in [0.717, 1.165) is 35.3 Å². The molecule has 0 aromatic heterocycles. The summed E-state index contributed by atoms with van der Waals surface area (Å²) in [6.07, 6.45) is 1.70. The lowest BCUT2D eigenvalue weighted by Gasteiger charge is -2.26. The van der Waals surface area contributed by atoms with Crippen molar-refractivity contribution in [2.75, 3.05) is 21.0 Å². The number of aryl methyl sites for hydroxylation is 1. The molecule has 4 rings (SSSR count). The summed E-state index contributed by atoms with van der Waals surface area (Å²) in [4.78, 5) is 0. The molecule has 2 aliphatic rings. The Hall–Kier alpha value is -2.89. The second kappa shape index (κ2) is 6.20. The molecule has 0 radical (unpaired) electrons. The standard InChI is InChI=1S/C19H19NO5/c1-22-15-6-4-11(7-16(15)23-2)13-5-3-12-8-17-18(25-10-24-17)9-14(12)19(13)20-21/h4,6-9,13,21H,3,5,10H2,1-2H3/b20-19-. The van der Waals surface area contributed by atoms with Gasteiger partial charge in [-0.3, -0.25) is 0 Å². The van der Waals surface area contributed by atoms with E-state index in [0.29, 0.717) is 23.0 Å². The lowest BCUT2D eigenvalue weighted by molar-refractivity contribution is 0.174. The summed E-state index contributed by atoms with van der Waals surface area (Å²) in [6.45, 7) is 0.225. The van der Waals surface area contributed by atoms with Gasteiger partial charge in [0.05, 0.1) is 19.9 Å². The van der Waals surface area contributed by atoms with E-state index in [2.05, 4.69) is 5.16 Å². The molecule has 0 saturated heterocycles. The first-order chi connectivity index (χ1) is 12.2. The number of oxime groups is 1. The Morgan fingerprint density at radius 3 is 2.52 bits per heavy atom. The summed E-state index contributed by atoms with van der Waals surface area (Å²) < 4.78 is 21.6. The molecule has 0 saturated carbocycles. The monoisotopic (exact) mass is 341 g/mol. The van der Waals surface area contributed by atoms with Crippen molar-refractivity contribution in [2.24, 2.45) is 5.16 Å². The van der Waals surface area contributed by atoms with Gasteiger partial charge in [-0.25, -0.2) is 0 Å². The molecule has 6 nitrogen and oxygen atoms in total. The van der Waals surface area contributed by atoms with Crippen LogP contribution in [0.25, 0.3) is 0 Å². The topological polar surface area (TPSA) is 69.5 Å². The van der Waals surface area contributed by atoms with Crippen LogP contribution in [0.4, 0.5) is 0 Å².